The average molecular weight is 357 g/mol. The zero-order valence-electron chi connectivity index (χ0n) is 14.0. The fraction of sp³-hybridized carbons (Fsp3) is 0.250. The van der Waals surface area contributed by atoms with Gasteiger partial charge in [0, 0.05) is 12.3 Å². The zero-order valence-corrected chi connectivity index (χ0v) is 14.0. The molecular weight excluding hydrogens is 342 g/mol. The molecule has 0 radical (unpaired) electrons. The number of carbonyl (C=O) groups is 2. The third-order valence-electron chi connectivity index (χ3n) is 3.63. The number of ether oxygens (including phenoxy) is 1. The van der Waals surface area contributed by atoms with Crippen LogP contribution in [0.4, 0.5) is 17.5 Å². The quantitative estimate of drug-likeness (QED) is 0.649. The van der Waals surface area contributed by atoms with E-state index in [1.807, 2.05) is 0 Å². The maximum atomic E-state index is 12.7. The molecule has 2 amide bonds. The van der Waals surface area contributed by atoms with Crippen LogP contribution in [0.15, 0.2) is 36.5 Å². The molecule has 3 rings (SSSR count). The van der Waals surface area contributed by atoms with Gasteiger partial charge in [-0.25, -0.2) is 4.98 Å². The molecule has 2 aromatic rings. The zero-order chi connectivity index (χ0) is 18.9. The van der Waals surface area contributed by atoms with E-state index in [0.29, 0.717) is 5.82 Å². The Bertz CT molecular complexity index is 884. The molecule has 0 spiro atoms. The monoisotopic (exact) mass is 357 g/mol. The van der Waals surface area contributed by atoms with Crippen molar-refractivity contribution in [3.8, 4) is 5.75 Å². The lowest BCUT2D eigenvalue weighted by Crippen LogP contribution is -2.54. The molecule has 0 aliphatic carbocycles. The minimum Gasteiger partial charge on any atom is -0.472 e. The fourth-order valence-electron chi connectivity index (χ4n) is 2.45. The summed E-state index contributed by atoms with van der Waals surface area (Å²) in [4.78, 5) is 44.2. The maximum Gasteiger partial charge on any atom is 0.366 e. The molecule has 0 atom stereocenters. The number of anilines is 2. The number of hydrogen-bond acceptors (Lipinski definition) is 7. The molecule has 0 bridgehead atoms. The minimum atomic E-state index is -1.24. The van der Waals surface area contributed by atoms with E-state index in [0.717, 1.165) is 4.90 Å². The molecule has 26 heavy (non-hydrogen) atoms. The molecule has 1 N–H and O–H groups in total. The van der Waals surface area contributed by atoms with E-state index in [-0.39, 0.29) is 18.1 Å². The van der Waals surface area contributed by atoms with E-state index >= 15 is 0 Å². The molecule has 0 fully saturated rings. The van der Waals surface area contributed by atoms with E-state index in [2.05, 4.69) is 15.3 Å². The molecule has 134 valence electrons. The van der Waals surface area contributed by atoms with Gasteiger partial charge in [0.05, 0.1) is 0 Å². The summed E-state index contributed by atoms with van der Waals surface area (Å²) in [5.41, 5.74) is -1.24. The Labute approximate surface area is 148 Å². The van der Waals surface area contributed by atoms with Crippen molar-refractivity contribution in [2.75, 3.05) is 16.8 Å². The summed E-state index contributed by atoms with van der Waals surface area (Å²) in [5.74, 6) is -1.06. The standard InChI is InChI=1S/C16H15N5O5/c1-16(2)15(23)20(9-13(22)18-11-5-3-4-8-17-11)14-10(26-16)6-7-12(19-14)21(24)25/h3-8H,9H2,1-2H3,(H,17,18,22). The molecule has 10 heteroatoms. The van der Waals surface area contributed by atoms with Gasteiger partial charge in [0.15, 0.2) is 11.4 Å². The van der Waals surface area contributed by atoms with E-state index in [1.165, 1.54) is 18.3 Å². The Morgan fingerprint density at radius 1 is 1.35 bits per heavy atom. The summed E-state index contributed by atoms with van der Waals surface area (Å²) in [6, 6.07) is 7.53. The molecule has 0 saturated carbocycles. The van der Waals surface area contributed by atoms with Crippen LogP contribution < -0.4 is 15.0 Å². The fourth-order valence-corrected chi connectivity index (χ4v) is 2.45. The lowest BCUT2D eigenvalue weighted by Gasteiger charge is -2.35. The summed E-state index contributed by atoms with van der Waals surface area (Å²) in [7, 11) is 0. The molecule has 0 saturated heterocycles. The first kappa shape index (κ1) is 17.3. The van der Waals surface area contributed by atoms with Gasteiger partial charge in [0.2, 0.25) is 5.91 Å². The Balaban J connectivity index is 1.91. The first-order valence-electron chi connectivity index (χ1n) is 7.65. The van der Waals surface area contributed by atoms with Gasteiger partial charge < -0.3 is 20.2 Å². The highest BCUT2D eigenvalue weighted by molar-refractivity contribution is 6.06. The number of nitrogens with one attached hydrogen (secondary N) is 1. The van der Waals surface area contributed by atoms with Crippen molar-refractivity contribution < 1.29 is 19.2 Å². The van der Waals surface area contributed by atoms with E-state index < -0.39 is 28.2 Å². The highest BCUT2D eigenvalue weighted by atomic mass is 16.6. The Hall–Kier alpha value is -3.56. The Morgan fingerprint density at radius 3 is 2.77 bits per heavy atom. The molecular formula is C16H15N5O5. The third-order valence-corrected chi connectivity index (χ3v) is 3.63. The normalized spacial score (nSPS) is 15.0. The number of carbonyl (C=O) groups excluding carboxylic acids is 2. The second-order valence-corrected chi connectivity index (χ2v) is 6.02. The minimum absolute atomic E-state index is 0.0697. The maximum absolute atomic E-state index is 12.7. The van der Waals surface area contributed by atoms with Crippen LogP contribution in [-0.2, 0) is 9.59 Å². The second-order valence-electron chi connectivity index (χ2n) is 6.02. The van der Waals surface area contributed by atoms with Gasteiger partial charge in [0.25, 0.3) is 11.7 Å². The topological polar surface area (TPSA) is 128 Å². The molecule has 0 aromatic carbocycles. The Kier molecular flexibility index (Phi) is 4.24. The molecule has 3 heterocycles. The van der Waals surface area contributed by atoms with Crippen LogP contribution in [0.2, 0.25) is 0 Å². The lowest BCUT2D eigenvalue weighted by molar-refractivity contribution is -0.389. The summed E-state index contributed by atoms with van der Waals surface area (Å²) in [6.45, 7) is 2.70. The van der Waals surface area contributed by atoms with Crippen LogP contribution >= 0.6 is 0 Å². The van der Waals surface area contributed by atoms with E-state index in [4.69, 9.17) is 4.74 Å². The molecule has 1 aliphatic heterocycles. The van der Waals surface area contributed by atoms with Crippen LogP contribution in [0.5, 0.6) is 5.75 Å². The summed E-state index contributed by atoms with van der Waals surface area (Å²) < 4.78 is 5.58. The van der Waals surface area contributed by atoms with Gasteiger partial charge in [-0.3, -0.25) is 14.5 Å². The predicted octanol–water partition coefficient (Wildman–Crippen LogP) is 1.53. The highest BCUT2D eigenvalue weighted by Gasteiger charge is 2.45. The highest BCUT2D eigenvalue weighted by Crippen LogP contribution is 2.37. The van der Waals surface area contributed by atoms with E-state index in [9.17, 15) is 19.7 Å². The second kappa shape index (κ2) is 6.39. The number of nitrogens with zero attached hydrogens (tertiary/aromatic N) is 4. The SMILES string of the molecule is CC1(C)Oc2ccc([N+](=O)[O-])nc2N(CC(=O)Nc2ccccn2)C1=O. The van der Waals surface area contributed by atoms with Gasteiger partial charge >= 0.3 is 5.82 Å². The predicted molar refractivity (Wildman–Crippen MR) is 90.8 cm³/mol. The van der Waals surface area contributed by atoms with Gasteiger partial charge in [-0.05, 0) is 42.0 Å². The van der Waals surface area contributed by atoms with Gasteiger partial charge in [-0.15, -0.1) is 0 Å². The number of rotatable bonds is 4. The lowest BCUT2D eigenvalue weighted by atomic mass is 10.1. The van der Waals surface area contributed by atoms with Crippen molar-refractivity contribution >= 4 is 29.3 Å². The summed E-state index contributed by atoms with van der Waals surface area (Å²) in [5, 5.41) is 13.5. The number of hydrogen-bond donors (Lipinski definition) is 1. The average Bonchev–Trinajstić information content (AvgIpc) is 2.59. The van der Waals surface area contributed by atoms with Crippen LogP contribution in [-0.4, -0.2) is 38.9 Å². The van der Waals surface area contributed by atoms with Crippen molar-refractivity contribution in [3.63, 3.8) is 0 Å². The van der Waals surface area contributed by atoms with Crippen molar-refractivity contribution in [2.24, 2.45) is 0 Å². The number of pyridine rings is 2. The third kappa shape index (κ3) is 3.29. The molecule has 2 aromatic heterocycles. The molecule has 10 nitrogen and oxygen atoms in total. The van der Waals surface area contributed by atoms with Gasteiger partial charge in [-0.1, -0.05) is 6.07 Å². The van der Waals surface area contributed by atoms with Gasteiger partial charge in [0.1, 0.15) is 12.4 Å². The van der Waals surface area contributed by atoms with Crippen molar-refractivity contribution in [1.82, 2.24) is 9.97 Å². The largest absolute Gasteiger partial charge is 0.472 e. The number of fused-ring (bicyclic) bond motifs is 1. The van der Waals surface area contributed by atoms with Crippen molar-refractivity contribution in [3.05, 3.63) is 46.6 Å². The van der Waals surface area contributed by atoms with E-state index in [1.54, 1.807) is 32.0 Å². The van der Waals surface area contributed by atoms with Crippen molar-refractivity contribution in [1.29, 1.82) is 0 Å². The molecule has 1 aliphatic rings. The summed E-state index contributed by atoms with van der Waals surface area (Å²) >= 11 is 0. The van der Waals surface area contributed by atoms with Crippen LogP contribution in [0.25, 0.3) is 0 Å². The number of nitro groups is 1. The number of aromatic nitrogens is 2. The smallest absolute Gasteiger partial charge is 0.366 e. The molecule has 0 unspecified atom stereocenters. The Morgan fingerprint density at radius 2 is 2.12 bits per heavy atom. The van der Waals surface area contributed by atoms with Gasteiger partial charge in [-0.2, -0.15) is 0 Å². The number of amides is 2. The van der Waals surface area contributed by atoms with Crippen LogP contribution in [0.1, 0.15) is 13.8 Å². The first-order chi connectivity index (χ1) is 12.3. The first-order valence-corrected chi connectivity index (χ1v) is 7.65. The van der Waals surface area contributed by atoms with Crippen LogP contribution in [0, 0.1) is 10.1 Å². The summed E-state index contributed by atoms with van der Waals surface area (Å²) in [6.07, 6.45) is 1.51. The van der Waals surface area contributed by atoms with Crippen LogP contribution in [0.3, 0.4) is 0 Å². The van der Waals surface area contributed by atoms with Crippen molar-refractivity contribution in [2.45, 2.75) is 19.4 Å².